The van der Waals surface area contributed by atoms with Crippen LogP contribution in [0.25, 0.3) is 11.1 Å². The van der Waals surface area contributed by atoms with E-state index in [1.54, 1.807) is 0 Å². The smallest absolute Gasteiger partial charge is 1.00 e. The molecular weight excluding hydrogens is 447 g/mol. The van der Waals surface area contributed by atoms with Crippen LogP contribution in [-0.4, -0.2) is 13.2 Å². The molecule has 1 nitrogen and oxygen atoms in total. The molecule has 0 aliphatic carbocycles. The van der Waals surface area contributed by atoms with E-state index in [-0.39, 0.29) is 31.0 Å². The van der Waals surface area contributed by atoms with Crippen LogP contribution in [0.3, 0.4) is 0 Å². The summed E-state index contributed by atoms with van der Waals surface area (Å²) in [6, 6.07) is 20.8. The van der Waals surface area contributed by atoms with E-state index in [0.29, 0.717) is 0 Å². The van der Waals surface area contributed by atoms with Crippen molar-refractivity contribution in [1.29, 1.82) is 0 Å². The fourth-order valence-corrected chi connectivity index (χ4v) is 4.39. The zero-order chi connectivity index (χ0) is 25.1. The molecule has 0 heterocycles. The van der Waals surface area contributed by atoms with Gasteiger partial charge in [-0.05, 0) is 24.0 Å². The minimum Gasteiger partial charge on any atom is -1.00 e. The van der Waals surface area contributed by atoms with Gasteiger partial charge in [0.1, 0.15) is 0 Å². The molecule has 0 aromatic heterocycles. The van der Waals surface area contributed by atoms with E-state index < -0.39 is 0 Å². The second kappa shape index (κ2) is 29.0. The maximum atomic E-state index is 5.75. The Labute approximate surface area is 249 Å². The zero-order valence-electron chi connectivity index (χ0n) is 25.3. The summed E-state index contributed by atoms with van der Waals surface area (Å²) in [7, 11) is 0. The quantitative estimate of drug-likeness (QED) is 0.122. The fourth-order valence-electron chi connectivity index (χ4n) is 4.39. The monoisotopic (exact) mass is 504 g/mol. The number of benzene rings is 2. The summed E-state index contributed by atoms with van der Waals surface area (Å²) in [6.45, 7) is 6.56. The van der Waals surface area contributed by atoms with E-state index in [1.807, 2.05) is 12.1 Å². The molecule has 0 unspecified atom stereocenters. The van der Waals surface area contributed by atoms with Crippen LogP contribution in [-0.2, 0) is 4.74 Å². The summed E-state index contributed by atoms with van der Waals surface area (Å²) in [4.78, 5) is 0. The molecule has 2 aromatic rings. The average molecular weight is 505 g/mol. The molecule has 0 saturated heterocycles. The standard InChI is InChI=1S/C22H46O.C12H10.Na.H/c1-3-5-7-9-11-13-15-17-19-21-23-22-20-18-16-14-12-10-8-6-4-2;1-3-7-11(8-4-1)12-9-5-2-6-10-12;;/h3-22H2,1-2H3;1-10H;;/q;;+1;-1. The number of rotatable bonds is 21. The topological polar surface area (TPSA) is 9.23 Å². The van der Waals surface area contributed by atoms with Gasteiger partial charge < -0.3 is 6.16 Å². The third kappa shape index (κ3) is 22.6. The summed E-state index contributed by atoms with van der Waals surface area (Å²) >= 11 is 0. The van der Waals surface area contributed by atoms with Crippen molar-refractivity contribution in [3.8, 4) is 11.1 Å². The van der Waals surface area contributed by atoms with Crippen LogP contribution in [0.15, 0.2) is 60.7 Å². The van der Waals surface area contributed by atoms with Gasteiger partial charge in [0.05, 0.1) is 0 Å². The molecule has 0 amide bonds. The first-order valence-electron chi connectivity index (χ1n) is 15.1. The molecule has 36 heavy (non-hydrogen) atoms. The number of hydrogen-bond donors (Lipinski definition) is 0. The third-order valence-corrected chi connectivity index (χ3v) is 6.67. The van der Waals surface area contributed by atoms with Crippen molar-refractivity contribution in [3.63, 3.8) is 0 Å². The summed E-state index contributed by atoms with van der Waals surface area (Å²) in [5.41, 5.74) is 2.55. The Morgan fingerprint density at radius 2 is 0.694 bits per heavy atom. The first-order chi connectivity index (χ1) is 17.4. The zero-order valence-corrected chi connectivity index (χ0v) is 26.3. The summed E-state index contributed by atoms with van der Waals surface area (Å²) in [6.07, 6.45) is 25.2. The van der Waals surface area contributed by atoms with Crippen molar-refractivity contribution in [2.75, 3.05) is 13.2 Å². The van der Waals surface area contributed by atoms with Crippen molar-refractivity contribution in [2.24, 2.45) is 0 Å². The van der Waals surface area contributed by atoms with Crippen LogP contribution in [0.5, 0.6) is 0 Å². The summed E-state index contributed by atoms with van der Waals surface area (Å²) in [5.74, 6) is 0. The van der Waals surface area contributed by atoms with Gasteiger partial charge in [-0.2, -0.15) is 0 Å². The first-order valence-corrected chi connectivity index (χ1v) is 15.1. The van der Waals surface area contributed by atoms with Gasteiger partial charge in [-0.15, -0.1) is 0 Å². The van der Waals surface area contributed by atoms with Crippen LogP contribution >= 0.6 is 0 Å². The molecule has 0 radical (unpaired) electrons. The Morgan fingerprint density at radius 1 is 0.417 bits per heavy atom. The van der Waals surface area contributed by atoms with Gasteiger partial charge in [0, 0.05) is 13.2 Å². The van der Waals surface area contributed by atoms with Crippen LogP contribution in [0.1, 0.15) is 131 Å². The minimum absolute atomic E-state index is 0. The van der Waals surface area contributed by atoms with Gasteiger partial charge in [0.15, 0.2) is 0 Å². The van der Waals surface area contributed by atoms with Crippen molar-refractivity contribution in [2.45, 2.75) is 129 Å². The number of hydrogen-bond acceptors (Lipinski definition) is 1. The van der Waals surface area contributed by atoms with E-state index in [4.69, 9.17) is 4.74 Å². The van der Waals surface area contributed by atoms with Gasteiger partial charge in [0.25, 0.3) is 0 Å². The van der Waals surface area contributed by atoms with Crippen molar-refractivity contribution in [3.05, 3.63) is 60.7 Å². The van der Waals surface area contributed by atoms with E-state index in [9.17, 15) is 0 Å². The molecule has 2 heteroatoms. The second-order valence-corrected chi connectivity index (χ2v) is 10.0. The van der Waals surface area contributed by atoms with Crippen LogP contribution < -0.4 is 29.6 Å². The predicted molar refractivity (Wildman–Crippen MR) is 158 cm³/mol. The van der Waals surface area contributed by atoms with Gasteiger partial charge in [-0.1, -0.05) is 177 Å². The average Bonchev–Trinajstić information content (AvgIpc) is 2.91. The number of ether oxygens (including phenoxy) is 1. The van der Waals surface area contributed by atoms with Crippen molar-refractivity contribution >= 4 is 0 Å². The molecule has 0 saturated carbocycles. The van der Waals surface area contributed by atoms with E-state index in [1.165, 1.54) is 127 Å². The maximum absolute atomic E-state index is 5.75. The SMILES string of the molecule is CCCCCCCCCCCOCCCCCCCCCCC.[H-].[Na+].c1ccc(-c2ccccc2)cc1. The molecule has 0 bridgehead atoms. The maximum Gasteiger partial charge on any atom is 1.00 e. The first kappa shape index (κ1) is 35.4. The molecule has 2 rings (SSSR count). The van der Waals surface area contributed by atoms with Gasteiger partial charge >= 0.3 is 29.6 Å². The van der Waals surface area contributed by atoms with E-state index in [2.05, 4.69) is 62.4 Å². The summed E-state index contributed by atoms with van der Waals surface area (Å²) in [5, 5.41) is 0. The molecule has 0 N–H and O–H groups in total. The Kier molecular flexibility index (Phi) is 28.5. The Morgan fingerprint density at radius 3 is 1.00 bits per heavy atom. The minimum atomic E-state index is 0. The Balaban J connectivity index is 0. The van der Waals surface area contributed by atoms with Crippen LogP contribution in [0.2, 0.25) is 0 Å². The van der Waals surface area contributed by atoms with E-state index in [0.717, 1.165) is 13.2 Å². The second-order valence-electron chi connectivity index (χ2n) is 10.0. The molecule has 0 atom stereocenters. The molecule has 2 aromatic carbocycles. The van der Waals surface area contributed by atoms with Crippen molar-refractivity contribution in [1.82, 2.24) is 0 Å². The fraction of sp³-hybridized carbons (Fsp3) is 0.647. The Bertz CT molecular complexity index is 592. The molecule has 0 aliphatic heterocycles. The third-order valence-electron chi connectivity index (χ3n) is 6.67. The predicted octanol–water partition coefficient (Wildman–Crippen LogP) is 8.53. The van der Waals surface area contributed by atoms with Crippen LogP contribution in [0.4, 0.5) is 0 Å². The number of unbranched alkanes of at least 4 members (excludes halogenated alkanes) is 16. The largest absolute Gasteiger partial charge is 1.00 e. The Hall–Kier alpha value is -0.600. The van der Waals surface area contributed by atoms with Crippen molar-refractivity contribution < 1.29 is 35.7 Å². The molecule has 0 aliphatic rings. The van der Waals surface area contributed by atoms with Gasteiger partial charge in [0.2, 0.25) is 0 Å². The van der Waals surface area contributed by atoms with Gasteiger partial charge in [-0.25, -0.2) is 0 Å². The molecule has 0 fully saturated rings. The summed E-state index contributed by atoms with van der Waals surface area (Å²) < 4.78 is 5.75. The molecular formula is C34H57NaO. The van der Waals surface area contributed by atoms with Crippen LogP contribution in [0, 0.1) is 0 Å². The van der Waals surface area contributed by atoms with E-state index >= 15 is 0 Å². The molecule has 200 valence electrons. The normalized spacial score (nSPS) is 10.4. The molecule has 0 spiro atoms. The van der Waals surface area contributed by atoms with Gasteiger partial charge in [-0.3, -0.25) is 0 Å².